The second-order valence-electron chi connectivity index (χ2n) is 8.22. The number of halogens is 1. The summed E-state index contributed by atoms with van der Waals surface area (Å²) in [5.41, 5.74) is 0.859. The van der Waals surface area contributed by atoms with E-state index in [1.165, 1.54) is 18.2 Å². The molecule has 3 aliphatic rings. The predicted octanol–water partition coefficient (Wildman–Crippen LogP) is 2.12. The van der Waals surface area contributed by atoms with E-state index in [2.05, 4.69) is 26.9 Å². The monoisotopic (exact) mass is 435 g/mol. The quantitative estimate of drug-likeness (QED) is 0.565. The first-order valence-corrected chi connectivity index (χ1v) is 12.3. The Balaban J connectivity index is 1.42. The number of rotatable bonds is 5. The topological polar surface area (TPSA) is 43.3 Å². The van der Waals surface area contributed by atoms with E-state index in [0.29, 0.717) is 5.69 Å². The number of nitrogens with zero attached hydrogens (tertiary/aromatic N) is 4. The molecule has 0 aliphatic carbocycles. The van der Waals surface area contributed by atoms with Gasteiger partial charge in [-0.2, -0.15) is 11.8 Å². The molecule has 0 spiro atoms. The van der Waals surface area contributed by atoms with Crippen molar-refractivity contribution >= 4 is 23.4 Å². The fourth-order valence-electron chi connectivity index (χ4n) is 4.62. The number of hydrogen-bond acceptors (Lipinski definition) is 5. The van der Waals surface area contributed by atoms with Gasteiger partial charge in [0.25, 0.3) is 0 Å². The molecule has 1 aromatic carbocycles. The third-order valence-electron chi connectivity index (χ3n) is 6.39. The summed E-state index contributed by atoms with van der Waals surface area (Å²) in [5, 5.41) is 3.50. The van der Waals surface area contributed by atoms with Crippen LogP contribution in [0, 0.1) is 5.82 Å². The molecular weight excluding hydrogens is 401 g/mol. The molecule has 0 radical (unpaired) electrons. The predicted molar refractivity (Wildman–Crippen MR) is 123 cm³/mol. The number of thioether (sulfide) groups is 1. The highest BCUT2D eigenvalue weighted by atomic mass is 32.2. The van der Waals surface area contributed by atoms with Crippen LogP contribution in [0.5, 0.6) is 0 Å². The van der Waals surface area contributed by atoms with Gasteiger partial charge in [0.2, 0.25) is 0 Å². The van der Waals surface area contributed by atoms with Crippen molar-refractivity contribution in [2.45, 2.75) is 18.9 Å². The highest BCUT2D eigenvalue weighted by Gasteiger charge is 2.40. The summed E-state index contributed by atoms with van der Waals surface area (Å²) in [6.07, 6.45) is 1.20. The van der Waals surface area contributed by atoms with Gasteiger partial charge in [0.15, 0.2) is 5.96 Å². The van der Waals surface area contributed by atoms with Gasteiger partial charge < -0.3 is 19.9 Å². The molecule has 30 heavy (non-hydrogen) atoms. The third-order valence-corrected chi connectivity index (χ3v) is 7.63. The number of hydrogen-bond donors (Lipinski definition) is 1. The molecule has 0 amide bonds. The summed E-state index contributed by atoms with van der Waals surface area (Å²) in [6, 6.07) is 7.06. The molecule has 1 N–H and O–H groups in total. The van der Waals surface area contributed by atoms with Crippen LogP contribution in [0.2, 0.25) is 0 Å². The first-order chi connectivity index (χ1) is 14.7. The molecular formula is C22H34FN5OS. The van der Waals surface area contributed by atoms with E-state index in [1.54, 1.807) is 6.07 Å². The van der Waals surface area contributed by atoms with Gasteiger partial charge in [-0.3, -0.25) is 9.89 Å². The molecule has 0 saturated carbocycles. The van der Waals surface area contributed by atoms with Crippen molar-refractivity contribution < 1.29 is 9.13 Å². The number of guanidine groups is 1. The molecule has 166 valence electrons. The molecule has 3 saturated heterocycles. The smallest absolute Gasteiger partial charge is 0.194 e. The van der Waals surface area contributed by atoms with Crippen LogP contribution in [0.3, 0.4) is 0 Å². The summed E-state index contributed by atoms with van der Waals surface area (Å²) in [4.78, 5) is 12.2. The van der Waals surface area contributed by atoms with Crippen molar-refractivity contribution in [1.82, 2.24) is 15.1 Å². The van der Waals surface area contributed by atoms with Crippen LogP contribution >= 0.6 is 11.8 Å². The number of anilines is 1. The minimum atomic E-state index is -0.141. The first-order valence-electron chi connectivity index (χ1n) is 11.2. The summed E-state index contributed by atoms with van der Waals surface area (Å²) >= 11 is 2.05. The maximum absolute atomic E-state index is 14.2. The number of para-hydroxylation sites is 1. The third kappa shape index (κ3) is 4.86. The summed E-state index contributed by atoms with van der Waals surface area (Å²) < 4.78 is 19.7. The highest BCUT2D eigenvalue weighted by Crippen LogP contribution is 2.34. The van der Waals surface area contributed by atoms with E-state index in [-0.39, 0.29) is 11.4 Å². The van der Waals surface area contributed by atoms with Gasteiger partial charge in [0, 0.05) is 51.6 Å². The Labute approximate surface area is 183 Å². The van der Waals surface area contributed by atoms with Crippen molar-refractivity contribution in [2.75, 3.05) is 82.0 Å². The lowest BCUT2D eigenvalue weighted by molar-refractivity contribution is -0.0105. The molecule has 4 rings (SSSR count). The van der Waals surface area contributed by atoms with E-state index in [1.807, 2.05) is 23.9 Å². The normalized spacial score (nSPS) is 26.3. The van der Waals surface area contributed by atoms with Crippen LogP contribution in [0.1, 0.15) is 13.3 Å². The Hall–Kier alpha value is -1.51. The van der Waals surface area contributed by atoms with E-state index >= 15 is 0 Å². The van der Waals surface area contributed by atoms with Crippen molar-refractivity contribution in [3.8, 4) is 0 Å². The van der Waals surface area contributed by atoms with Crippen LogP contribution in [0.15, 0.2) is 29.3 Å². The van der Waals surface area contributed by atoms with Crippen molar-refractivity contribution in [3.63, 3.8) is 0 Å². The molecule has 0 bridgehead atoms. The minimum absolute atomic E-state index is 0.141. The van der Waals surface area contributed by atoms with Crippen molar-refractivity contribution in [2.24, 2.45) is 4.99 Å². The van der Waals surface area contributed by atoms with Crippen LogP contribution < -0.4 is 10.2 Å². The minimum Gasteiger partial charge on any atom is -0.379 e. The van der Waals surface area contributed by atoms with Crippen LogP contribution in [-0.4, -0.2) is 98.4 Å². The van der Waals surface area contributed by atoms with Gasteiger partial charge in [0.1, 0.15) is 5.82 Å². The SMILES string of the molecule is CCNC(=NCC1(N2CCOCC2)CCSC1)N1CCN(c2ccccc2F)CC1. The van der Waals surface area contributed by atoms with E-state index in [9.17, 15) is 4.39 Å². The summed E-state index contributed by atoms with van der Waals surface area (Å²) in [6.45, 7) is 10.8. The van der Waals surface area contributed by atoms with Gasteiger partial charge in [-0.1, -0.05) is 12.1 Å². The van der Waals surface area contributed by atoms with Gasteiger partial charge in [-0.25, -0.2) is 4.39 Å². The standard InChI is InChI=1S/C22H34FN5OS/c1-2-24-21(25-17-22(7-16-30-18-22)28-12-14-29-15-13-28)27-10-8-26(9-11-27)20-6-4-3-5-19(20)23/h3-6H,2,7-18H2,1H3,(H,24,25). The van der Waals surface area contributed by atoms with Crippen LogP contribution in [0.25, 0.3) is 0 Å². The van der Waals surface area contributed by atoms with Crippen molar-refractivity contribution in [3.05, 3.63) is 30.1 Å². The molecule has 1 atom stereocenters. The Morgan fingerprint density at radius 1 is 1.17 bits per heavy atom. The average molecular weight is 436 g/mol. The lowest BCUT2D eigenvalue weighted by Crippen LogP contribution is -2.57. The Bertz CT molecular complexity index is 713. The van der Waals surface area contributed by atoms with E-state index in [0.717, 1.165) is 77.3 Å². The molecule has 8 heteroatoms. The molecule has 3 heterocycles. The summed E-state index contributed by atoms with van der Waals surface area (Å²) in [7, 11) is 0. The summed E-state index contributed by atoms with van der Waals surface area (Å²) in [5.74, 6) is 3.22. The van der Waals surface area contributed by atoms with Gasteiger partial charge in [-0.05, 0) is 31.2 Å². The number of nitrogens with one attached hydrogen (secondary N) is 1. The van der Waals surface area contributed by atoms with Crippen LogP contribution in [0.4, 0.5) is 10.1 Å². The largest absolute Gasteiger partial charge is 0.379 e. The zero-order chi connectivity index (χ0) is 20.8. The lowest BCUT2D eigenvalue weighted by Gasteiger charge is -2.42. The molecule has 3 fully saturated rings. The first kappa shape index (κ1) is 21.7. The Morgan fingerprint density at radius 2 is 1.93 bits per heavy atom. The molecule has 1 aromatic rings. The lowest BCUT2D eigenvalue weighted by atomic mass is 9.96. The average Bonchev–Trinajstić information content (AvgIpc) is 3.28. The fourth-order valence-corrected chi connectivity index (χ4v) is 6.09. The zero-order valence-corrected chi connectivity index (χ0v) is 18.8. The van der Waals surface area contributed by atoms with E-state index in [4.69, 9.17) is 9.73 Å². The number of ether oxygens (including phenoxy) is 1. The fraction of sp³-hybridized carbons (Fsp3) is 0.682. The second kappa shape index (κ2) is 10.2. The number of morpholine rings is 1. The maximum Gasteiger partial charge on any atom is 0.194 e. The van der Waals surface area contributed by atoms with E-state index < -0.39 is 0 Å². The van der Waals surface area contributed by atoms with Gasteiger partial charge >= 0.3 is 0 Å². The Morgan fingerprint density at radius 3 is 2.60 bits per heavy atom. The number of benzene rings is 1. The molecule has 3 aliphatic heterocycles. The number of piperazine rings is 1. The molecule has 6 nitrogen and oxygen atoms in total. The Kier molecular flexibility index (Phi) is 7.38. The zero-order valence-electron chi connectivity index (χ0n) is 18.0. The molecule has 0 aromatic heterocycles. The van der Waals surface area contributed by atoms with Crippen molar-refractivity contribution in [1.29, 1.82) is 0 Å². The number of aliphatic imine (C=N–C) groups is 1. The molecule has 1 unspecified atom stereocenters. The van der Waals surface area contributed by atoms with Gasteiger partial charge in [0.05, 0.1) is 31.0 Å². The van der Waals surface area contributed by atoms with Crippen LogP contribution in [-0.2, 0) is 4.74 Å². The highest BCUT2D eigenvalue weighted by molar-refractivity contribution is 7.99. The van der Waals surface area contributed by atoms with Gasteiger partial charge in [-0.15, -0.1) is 0 Å². The second-order valence-corrected chi connectivity index (χ2v) is 9.33. The maximum atomic E-state index is 14.2.